The number of hydrogen-bond acceptors (Lipinski definition) is 28. The lowest BCUT2D eigenvalue weighted by molar-refractivity contribution is -0.277. The Kier molecular flexibility index (Phi) is 23.3. The van der Waals surface area contributed by atoms with Gasteiger partial charge in [-0.3, -0.25) is 28.8 Å². The summed E-state index contributed by atoms with van der Waals surface area (Å²) in [5.41, 5.74) is -2.66. The van der Waals surface area contributed by atoms with E-state index < -0.39 is 265 Å². The van der Waals surface area contributed by atoms with Crippen LogP contribution in [0, 0.1) is 0 Å². The zero-order valence-corrected chi connectivity index (χ0v) is 62.6. The van der Waals surface area contributed by atoms with Crippen LogP contribution in [0.5, 0.6) is 69.0 Å². The number of phenolic OH excluding ortho intramolecular Hbond substituents is 4. The molecule has 0 aromatic heterocycles. The largest absolute Gasteiger partial charge is 0.508 e. The van der Waals surface area contributed by atoms with Gasteiger partial charge in [0.15, 0.2) is 35.1 Å². The molecule has 9 unspecified atom stereocenters. The lowest BCUT2D eigenvalue weighted by Gasteiger charge is -2.41. The highest BCUT2D eigenvalue weighted by Crippen LogP contribution is 2.50. The molecule has 0 aliphatic carbocycles. The molecule has 117 heavy (non-hydrogen) atoms. The summed E-state index contributed by atoms with van der Waals surface area (Å²) in [6.07, 6.45) is -21.3. The molecule has 612 valence electrons. The lowest BCUT2D eigenvalue weighted by atomic mass is 9.89. The Bertz CT molecular complexity index is 5280. The number of ether oxygens (including phenoxy) is 7. The van der Waals surface area contributed by atoms with Gasteiger partial charge in [-0.15, -0.1) is 0 Å². The van der Waals surface area contributed by atoms with E-state index >= 15 is 24.0 Å². The van der Waals surface area contributed by atoms with E-state index in [4.69, 9.17) is 68.0 Å². The number of carboxylic acid groups (broad SMARTS) is 2. The Morgan fingerprint density at radius 3 is 1.86 bits per heavy atom. The molecule has 21 N–H and O–H groups in total. The molecule has 0 saturated carbocycles. The smallest absolute Gasteiger partial charge is 0.335 e. The number of aliphatic carboxylic acids is 2. The van der Waals surface area contributed by atoms with Crippen LogP contribution in [-0.2, 0) is 60.8 Å². The second kappa shape index (κ2) is 33.4. The number of halogens is 3. The van der Waals surface area contributed by atoms with Crippen molar-refractivity contribution in [2.45, 2.75) is 123 Å². The van der Waals surface area contributed by atoms with E-state index in [-0.39, 0.29) is 34.9 Å². The van der Waals surface area contributed by atoms with Crippen molar-refractivity contribution in [3.8, 4) is 80.1 Å². The van der Waals surface area contributed by atoms with E-state index in [2.05, 4.69) is 42.5 Å². The molecule has 39 heteroatoms. The van der Waals surface area contributed by atoms with Crippen molar-refractivity contribution < 1.29 is 138 Å². The normalized spacial score (nSPS) is 27.1. The number of fused-ring (bicyclic) bond motifs is 14. The van der Waals surface area contributed by atoms with Crippen molar-refractivity contribution >= 4 is 82.2 Å². The summed E-state index contributed by atoms with van der Waals surface area (Å²) >= 11 is 20.4. The molecule has 2 saturated heterocycles. The average molecular weight is 1670 g/mol. The first-order valence-electron chi connectivity index (χ1n) is 35.8. The molecule has 8 aromatic rings. The van der Waals surface area contributed by atoms with Crippen molar-refractivity contribution in [1.29, 1.82) is 0 Å². The van der Waals surface area contributed by atoms with Gasteiger partial charge in [0.2, 0.25) is 53.8 Å². The first-order chi connectivity index (χ1) is 55.8. The molecule has 8 heterocycles. The molecule has 16 rings (SSSR count). The summed E-state index contributed by atoms with van der Waals surface area (Å²) in [6.45, 7) is -1.14. The molecule has 0 spiro atoms. The van der Waals surface area contributed by atoms with Crippen LogP contribution in [0.1, 0.15) is 80.8 Å². The van der Waals surface area contributed by atoms with Gasteiger partial charge in [0, 0.05) is 52.4 Å². The molecule has 8 aliphatic heterocycles. The predicted molar refractivity (Wildman–Crippen MR) is 402 cm³/mol. The lowest BCUT2D eigenvalue weighted by Crippen LogP contribution is -2.65. The van der Waals surface area contributed by atoms with Crippen molar-refractivity contribution in [1.82, 2.24) is 42.5 Å². The van der Waals surface area contributed by atoms with Gasteiger partial charge in [-0.1, -0.05) is 77.3 Å². The summed E-state index contributed by atoms with van der Waals surface area (Å²) in [5, 5.41) is 168. The summed E-state index contributed by atoms with van der Waals surface area (Å²) in [7, 11) is 1.42. The van der Waals surface area contributed by atoms with Crippen molar-refractivity contribution in [2.75, 3.05) is 13.7 Å². The van der Waals surface area contributed by atoms with Gasteiger partial charge in [-0.2, -0.15) is 0 Å². The van der Waals surface area contributed by atoms with Crippen LogP contribution in [-0.4, -0.2) is 201 Å². The highest BCUT2D eigenvalue weighted by atomic mass is 35.5. The second-order valence-electron chi connectivity index (χ2n) is 28.0. The number of carbonyl (C=O) groups is 8. The molecule has 6 amide bonds. The van der Waals surface area contributed by atoms with Gasteiger partial charge in [-0.05, 0) is 125 Å². The third-order valence-electron chi connectivity index (χ3n) is 20.3. The average Bonchev–Trinajstić information content (AvgIpc) is 0.760. The molecule has 2 fully saturated rings. The van der Waals surface area contributed by atoms with Crippen LogP contribution in [0.4, 0.5) is 0 Å². The van der Waals surface area contributed by atoms with E-state index in [1.807, 2.05) is 0 Å². The van der Waals surface area contributed by atoms with Crippen molar-refractivity contribution in [3.63, 3.8) is 0 Å². The fourth-order valence-electron chi connectivity index (χ4n) is 14.3. The number of aliphatic hydroxyl groups excluding tert-OH is 7. The quantitative estimate of drug-likeness (QED) is 0.0885. The minimum Gasteiger partial charge on any atom is -0.508 e. The first kappa shape index (κ1) is 81.7. The van der Waals surface area contributed by atoms with Gasteiger partial charge < -0.3 is 142 Å². The number of likely N-dealkylation sites (N-methyl/N-ethyl adjacent to an activating group) is 1. The topological polar surface area (TPSA) is 560 Å². The third-order valence-corrected chi connectivity index (χ3v) is 21.3. The van der Waals surface area contributed by atoms with E-state index in [9.17, 15) is 80.8 Å². The summed E-state index contributed by atoms with van der Waals surface area (Å²) in [5.74, 6) is -18.5. The van der Waals surface area contributed by atoms with Gasteiger partial charge >= 0.3 is 11.9 Å². The zero-order chi connectivity index (χ0) is 83.4. The number of amides is 6. The Labute approximate surface area is 674 Å². The predicted octanol–water partition coefficient (Wildman–Crippen LogP) is 2.73. The highest BCUT2D eigenvalue weighted by molar-refractivity contribution is 6.33. The Balaban J connectivity index is 1.01. The maximum absolute atomic E-state index is 16.6. The van der Waals surface area contributed by atoms with Crippen LogP contribution in [0.25, 0.3) is 11.1 Å². The van der Waals surface area contributed by atoms with Crippen molar-refractivity contribution in [3.05, 3.63) is 199 Å². The fraction of sp³-hybridized carbons (Fsp3) is 0.282. The first-order valence-corrected chi connectivity index (χ1v) is 36.9. The number of carbonyl (C=O) groups excluding carboxylic acids is 6. The van der Waals surface area contributed by atoms with E-state index in [1.54, 1.807) is 24.3 Å². The van der Waals surface area contributed by atoms with Gasteiger partial charge in [-0.25, -0.2) is 9.59 Å². The number of nitrogens with one attached hydrogen (secondary N) is 8. The molecule has 8 aromatic carbocycles. The number of rotatable bonds is 11. The third kappa shape index (κ3) is 16.6. The van der Waals surface area contributed by atoms with Crippen LogP contribution < -0.4 is 66.2 Å². The van der Waals surface area contributed by atoms with Crippen LogP contribution in [0.15, 0.2) is 140 Å². The molecule has 36 nitrogen and oxygen atoms in total. The zero-order valence-electron chi connectivity index (χ0n) is 60.4. The van der Waals surface area contributed by atoms with Crippen LogP contribution in [0.2, 0.25) is 15.1 Å². The van der Waals surface area contributed by atoms with Gasteiger partial charge in [0.25, 0.3) is 0 Å². The number of phenols is 4. The molecule has 8 aliphatic rings. The van der Waals surface area contributed by atoms with E-state index in [0.717, 1.165) is 72.8 Å². The number of benzene rings is 8. The summed E-state index contributed by atoms with van der Waals surface area (Å²) in [6, 6.07) is 11.3. The SMILES string of the molecule is CNC1C(=O)NC2Cc3ccc(cc3)Oc3cc4cc(c3O[C@@H]3O[C@H](C(=O)O)[C@@H](O)[C@H](O)[C@H]3NCc3ccc(Cl)cc3)Oc3ccc(cc3Cl)C(O)C3NC(=O)C(NC(=O)C4NC(=O)C(NC2=O)c2cc(cc(O)c2Cl)Oc2cc1ccc2O)c1ccc(O)c(c1)-c1c(OC2O[C@H](CO)[C@@H](O)[C@H](O)[C@@H]2O)cc(O)cc1C(C(=O)O)NC3=O. The Morgan fingerprint density at radius 2 is 1.17 bits per heavy atom. The number of hydrogen-bond donors (Lipinski definition) is 21. The maximum atomic E-state index is 16.6. The van der Waals surface area contributed by atoms with Gasteiger partial charge in [0.05, 0.1) is 22.7 Å². The number of aliphatic hydroxyl groups is 7. The molecule has 17 bridgehead atoms. The van der Waals surface area contributed by atoms with E-state index in [1.165, 1.54) is 49.5 Å². The van der Waals surface area contributed by atoms with Crippen LogP contribution in [0.3, 0.4) is 0 Å². The molecular formula is C78H71Cl3N8O28. The standard InChI is InChI=1S/C78H71Cl3N8O28/c1-82-54-31-7-14-44(93)47(19-31)112-37-24-40(53(81)45(94)25-37)57-73(105)86-56-33-20-49(111-36-11-4-28(5-12-36)16-42(69(101)87-57)84-70(54)102)67(116-77-60(63(97)65(99)68(117-77)76(109)110)83-26-29-2-9-34(79)10-3-29)50(21-33)113-46-15-8-32(18-41(46)80)61(95)59-74(106)88-58(75(107)108)39-22-35(91)23-48(114-78-66(100)64(98)62(96)51(27-90)115-78)52(39)38-17-30(6-13-43(38)92)55(71(103)89-59)85-72(56)104/h2-15,17-25,42,51,54-66,68,77-78,82-83,90-100H,16,26-27H2,1H3,(H,84,102)(H,85,104)(H,86,105)(H,87,101)(H,88,106)(H,89,103)(H,107,108)(H,109,110)/t42?,51-,54?,55?,56?,57?,58?,59?,60-,61?,62-,63-,64+,65+,66+,68+,77-,78?/m1/s1. The maximum Gasteiger partial charge on any atom is 0.335 e. The molecule has 0 radical (unpaired) electrons. The fourth-order valence-corrected chi connectivity index (χ4v) is 14.9. The molecule has 18 atom stereocenters. The summed E-state index contributed by atoms with van der Waals surface area (Å²) < 4.78 is 44.0. The highest BCUT2D eigenvalue weighted by Gasteiger charge is 2.51. The minimum absolute atomic E-state index is 0.127. The van der Waals surface area contributed by atoms with Crippen molar-refractivity contribution in [2.24, 2.45) is 0 Å². The second-order valence-corrected chi connectivity index (χ2v) is 29.2. The van der Waals surface area contributed by atoms with E-state index in [0.29, 0.717) is 16.1 Å². The van der Waals surface area contributed by atoms with Crippen LogP contribution >= 0.6 is 34.8 Å². The monoisotopic (exact) mass is 1670 g/mol. The molecular weight excluding hydrogens is 1600 g/mol. The van der Waals surface area contributed by atoms with Gasteiger partial charge in [0.1, 0.15) is 119 Å². The number of carboxylic acids is 2. The Morgan fingerprint density at radius 1 is 0.521 bits per heavy atom. The Hall–Kier alpha value is -11.9. The summed E-state index contributed by atoms with van der Waals surface area (Å²) in [4.78, 5) is 121. The minimum atomic E-state index is -2.44. The number of aromatic hydroxyl groups is 4.